The Hall–Kier alpha value is -3.33. The van der Waals surface area contributed by atoms with Crippen molar-refractivity contribution in [2.24, 2.45) is 0 Å². The van der Waals surface area contributed by atoms with E-state index in [2.05, 4.69) is 89.9 Å². The van der Waals surface area contributed by atoms with E-state index in [1.807, 2.05) is 0 Å². The van der Waals surface area contributed by atoms with Gasteiger partial charge in [-0.05, 0) is 53.0 Å². The molecule has 1 aliphatic carbocycles. The average Bonchev–Trinajstić information content (AvgIpc) is 3.08. The Kier molecular flexibility index (Phi) is 3.61. The van der Waals surface area contributed by atoms with Gasteiger partial charge in [0.05, 0.1) is 11.3 Å². The summed E-state index contributed by atoms with van der Waals surface area (Å²) in [7, 11) is 0. The van der Waals surface area contributed by atoms with Gasteiger partial charge < -0.3 is 0 Å². The number of benzene rings is 3. The molecule has 5 rings (SSSR count). The zero-order valence-corrected chi connectivity index (χ0v) is 15.1. The number of allylic oxidation sites excluding steroid dienone is 1. The van der Waals surface area contributed by atoms with Crippen molar-refractivity contribution in [1.82, 2.24) is 10.2 Å². The Morgan fingerprint density at radius 3 is 2.48 bits per heavy atom. The van der Waals surface area contributed by atoms with Crippen molar-refractivity contribution in [3.05, 3.63) is 105 Å². The quantitative estimate of drug-likeness (QED) is 0.509. The minimum atomic E-state index is -0.0237. The van der Waals surface area contributed by atoms with E-state index in [0.29, 0.717) is 0 Å². The molecule has 1 aromatic heterocycles. The van der Waals surface area contributed by atoms with Gasteiger partial charge in [-0.15, -0.1) is 0 Å². The second kappa shape index (κ2) is 6.13. The van der Waals surface area contributed by atoms with Crippen LogP contribution in [0.4, 0.5) is 0 Å². The molecule has 0 amide bonds. The third-order valence-electron chi connectivity index (χ3n) is 5.54. The molecule has 1 aliphatic rings. The van der Waals surface area contributed by atoms with Crippen molar-refractivity contribution in [2.45, 2.75) is 19.3 Å². The summed E-state index contributed by atoms with van der Waals surface area (Å²) in [4.78, 5) is 12.4. The lowest BCUT2D eigenvalue weighted by Gasteiger charge is -2.23. The molecule has 2 N–H and O–H groups in total. The first-order valence-corrected chi connectivity index (χ1v) is 9.26. The molecule has 1 unspecified atom stereocenters. The van der Waals surface area contributed by atoms with Crippen molar-refractivity contribution in [3.8, 4) is 0 Å². The second-order valence-corrected chi connectivity index (χ2v) is 7.31. The monoisotopic (exact) mass is 352 g/mol. The lowest BCUT2D eigenvalue weighted by atomic mass is 9.79. The summed E-state index contributed by atoms with van der Waals surface area (Å²) in [6, 6.07) is 23.5. The van der Waals surface area contributed by atoms with Crippen molar-refractivity contribution in [1.29, 1.82) is 0 Å². The number of aromatic nitrogens is 2. The number of hydrogen-bond donors (Lipinski definition) is 2. The van der Waals surface area contributed by atoms with Gasteiger partial charge >= 0.3 is 0 Å². The minimum absolute atomic E-state index is 0.0237. The van der Waals surface area contributed by atoms with Gasteiger partial charge in [0.1, 0.15) is 0 Å². The lowest BCUT2D eigenvalue weighted by Crippen LogP contribution is -2.16. The third-order valence-corrected chi connectivity index (χ3v) is 5.54. The van der Waals surface area contributed by atoms with Crippen LogP contribution in [0.1, 0.15) is 40.3 Å². The number of hydrogen-bond acceptors (Lipinski definition) is 1. The van der Waals surface area contributed by atoms with Gasteiger partial charge in [0.15, 0.2) is 0 Å². The van der Waals surface area contributed by atoms with Gasteiger partial charge in [-0.2, -0.15) is 0 Å². The van der Waals surface area contributed by atoms with Gasteiger partial charge in [0.25, 0.3) is 5.56 Å². The van der Waals surface area contributed by atoms with Crippen LogP contribution in [0.3, 0.4) is 0 Å². The molecule has 1 atom stereocenters. The van der Waals surface area contributed by atoms with Crippen molar-refractivity contribution in [2.75, 3.05) is 0 Å². The van der Waals surface area contributed by atoms with Crippen molar-refractivity contribution >= 4 is 22.4 Å². The van der Waals surface area contributed by atoms with E-state index in [9.17, 15) is 4.79 Å². The van der Waals surface area contributed by atoms with Gasteiger partial charge in [-0.3, -0.25) is 15.0 Å². The van der Waals surface area contributed by atoms with E-state index in [1.165, 1.54) is 33.0 Å². The molecule has 0 bridgehead atoms. The molecule has 3 heteroatoms. The second-order valence-electron chi connectivity index (χ2n) is 7.31. The zero-order valence-electron chi connectivity index (χ0n) is 15.1. The molecular formula is C24H20N2O. The van der Waals surface area contributed by atoms with Gasteiger partial charge in [0.2, 0.25) is 0 Å². The first-order valence-electron chi connectivity index (χ1n) is 9.26. The van der Waals surface area contributed by atoms with Crippen LogP contribution in [0.2, 0.25) is 0 Å². The van der Waals surface area contributed by atoms with Crippen LogP contribution >= 0.6 is 0 Å². The van der Waals surface area contributed by atoms with E-state index in [0.717, 1.165) is 17.7 Å². The SMILES string of the molecule is Cc1ccc(C2CC(c3ccc4ccccc4c3)=Cc3[nH][nH]c(=O)c32)cc1. The Bertz CT molecular complexity index is 1230. The van der Waals surface area contributed by atoms with Crippen LogP contribution in [0, 0.1) is 6.92 Å². The fraction of sp³-hybridized carbons (Fsp3) is 0.125. The predicted molar refractivity (Wildman–Crippen MR) is 111 cm³/mol. The van der Waals surface area contributed by atoms with Crippen LogP contribution in [-0.4, -0.2) is 10.2 Å². The van der Waals surface area contributed by atoms with E-state index in [4.69, 9.17) is 0 Å². The van der Waals surface area contributed by atoms with Gasteiger partial charge in [-0.1, -0.05) is 66.2 Å². The van der Waals surface area contributed by atoms with Crippen LogP contribution in [-0.2, 0) is 0 Å². The molecule has 0 spiro atoms. The summed E-state index contributed by atoms with van der Waals surface area (Å²) < 4.78 is 0. The molecule has 0 aliphatic heterocycles. The maximum atomic E-state index is 12.4. The maximum Gasteiger partial charge on any atom is 0.268 e. The highest BCUT2D eigenvalue weighted by Crippen LogP contribution is 2.40. The van der Waals surface area contributed by atoms with Crippen molar-refractivity contribution < 1.29 is 0 Å². The summed E-state index contributed by atoms with van der Waals surface area (Å²) in [5.41, 5.74) is 6.56. The highest BCUT2D eigenvalue weighted by atomic mass is 16.1. The van der Waals surface area contributed by atoms with Crippen LogP contribution in [0.5, 0.6) is 0 Å². The van der Waals surface area contributed by atoms with E-state index in [1.54, 1.807) is 0 Å². The largest absolute Gasteiger partial charge is 0.298 e. The molecular weight excluding hydrogens is 332 g/mol. The Morgan fingerprint density at radius 1 is 0.889 bits per heavy atom. The summed E-state index contributed by atoms with van der Waals surface area (Å²) in [5.74, 6) is 0.0575. The molecule has 0 radical (unpaired) electrons. The van der Waals surface area contributed by atoms with Crippen LogP contribution in [0.25, 0.3) is 22.4 Å². The standard InChI is InChI=1S/C24H20N2O/c1-15-6-8-17(9-7-15)21-13-20(14-22-23(21)24(27)26-25-22)19-11-10-16-4-2-3-5-18(16)12-19/h2-12,14,21H,13H2,1H3,(H2,25,26,27). The summed E-state index contributed by atoms with van der Waals surface area (Å²) in [6.45, 7) is 2.08. The van der Waals surface area contributed by atoms with Gasteiger partial charge in [0, 0.05) is 5.92 Å². The Balaban J connectivity index is 1.64. The smallest absolute Gasteiger partial charge is 0.268 e. The lowest BCUT2D eigenvalue weighted by molar-refractivity contribution is 0.824. The zero-order chi connectivity index (χ0) is 18.4. The number of H-pyrrole nitrogens is 2. The van der Waals surface area contributed by atoms with E-state index < -0.39 is 0 Å². The molecule has 0 saturated carbocycles. The highest BCUT2D eigenvalue weighted by molar-refractivity contribution is 5.91. The first kappa shape index (κ1) is 15.9. The normalized spacial score (nSPS) is 16.2. The molecule has 3 aromatic carbocycles. The predicted octanol–water partition coefficient (Wildman–Crippen LogP) is 5.24. The highest BCUT2D eigenvalue weighted by Gasteiger charge is 2.27. The minimum Gasteiger partial charge on any atom is -0.298 e. The molecule has 132 valence electrons. The third kappa shape index (κ3) is 2.72. The Morgan fingerprint density at radius 2 is 1.67 bits per heavy atom. The number of aryl methyl sites for hydroxylation is 1. The first-order chi connectivity index (χ1) is 13.2. The number of rotatable bonds is 2. The van der Waals surface area contributed by atoms with Crippen LogP contribution < -0.4 is 5.56 Å². The topological polar surface area (TPSA) is 48.6 Å². The molecule has 3 nitrogen and oxygen atoms in total. The summed E-state index contributed by atoms with van der Waals surface area (Å²) in [6.07, 6.45) is 2.93. The molecule has 0 fully saturated rings. The number of nitrogens with one attached hydrogen (secondary N) is 2. The summed E-state index contributed by atoms with van der Waals surface area (Å²) in [5, 5.41) is 8.30. The fourth-order valence-electron chi connectivity index (χ4n) is 4.07. The van der Waals surface area contributed by atoms with Gasteiger partial charge in [-0.25, -0.2) is 0 Å². The molecule has 4 aromatic rings. The Labute approximate surface area is 157 Å². The van der Waals surface area contributed by atoms with Crippen LogP contribution in [0.15, 0.2) is 71.5 Å². The molecule has 0 saturated heterocycles. The average molecular weight is 352 g/mol. The summed E-state index contributed by atoms with van der Waals surface area (Å²) >= 11 is 0. The van der Waals surface area contributed by atoms with E-state index in [-0.39, 0.29) is 11.5 Å². The molecule has 1 heterocycles. The number of aromatic amines is 2. The van der Waals surface area contributed by atoms with Crippen molar-refractivity contribution in [3.63, 3.8) is 0 Å². The fourth-order valence-corrected chi connectivity index (χ4v) is 4.07. The molecule has 27 heavy (non-hydrogen) atoms. The maximum absolute atomic E-state index is 12.4. The number of fused-ring (bicyclic) bond motifs is 2. The van der Waals surface area contributed by atoms with E-state index >= 15 is 0 Å².